The summed E-state index contributed by atoms with van der Waals surface area (Å²) in [6.45, 7) is 0. The van der Waals surface area contributed by atoms with Gasteiger partial charge in [0.15, 0.2) is 5.78 Å². The minimum absolute atomic E-state index is 0.0314. The third-order valence-corrected chi connectivity index (χ3v) is 3.17. The number of terminal acetylenes is 1. The first-order valence-electron chi connectivity index (χ1n) is 6.20. The first-order valence-corrected chi connectivity index (χ1v) is 6.20. The van der Waals surface area contributed by atoms with Crippen molar-refractivity contribution in [1.82, 2.24) is 0 Å². The maximum Gasteiger partial charge on any atom is 0.159 e. The highest BCUT2D eigenvalue weighted by Crippen LogP contribution is 2.24. The fourth-order valence-electron chi connectivity index (χ4n) is 2.10. The van der Waals surface area contributed by atoms with Crippen LogP contribution in [0.5, 0.6) is 0 Å². The molecule has 1 nitrogen and oxygen atoms in total. The maximum atomic E-state index is 11.8. The normalized spacial score (nSPS) is 19.6. The number of hydrogen-bond donors (Lipinski definition) is 0. The van der Waals surface area contributed by atoms with Gasteiger partial charge in [-0.05, 0) is 30.1 Å². The van der Waals surface area contributed by atoms with Crippen molar-refractivity contribution in [2.24, 2.45) is 5.92 Å². The van der Waals surface area contributed by atoms with E-state index >= 15 is 0 Å². The Kier molecular flexibility index (Phi) is 4.15. The van der Waals surface area contributed by atoms with Gasteiger partial charge in [-0.3, -0.25) is 4.79 Å². The maximum absolute atomic E-state index is 11.8. The summed E-state index contributed by atoms with van der Waals surface area (Å²) in [5, 5.41) is 0. The lowest BCUT2D eigenvalue weighted by Crippen LogP contribution is -2.16. The van der Waals surface area contributed by atoms with Crippen molar-refractivity contribution >= 4 is 11.9 Å². The Balaban J connectivity index is 2.04. The van der Waals surface area contributed by atoms with Crippen molar-refractivity contribution in [2.45, 2.75) is 19.3 Å². The zero-order chi connectivity index (χ0) is 12.8. The van der Waals surface area contributed by atoms with Crippen LogP contribution in [0, 0.1) is 18.3 Å². The van der Waals surface area contributed by atoms with Crippen LogP contribution in [0.15, 0.2) is 48.1 Å². The van der Waals surface area contributed by atoms with E-state index in [9.17, 15) is 4.79 Å². The fourth-order valence-corrected chi connectivity index (χ4v) is 2.10. The van der Waals surface area contributed by atoms with Gasteiger partial charge in [-0.2, -0.15) is 0 Å². The Bertz CT molecular complexity index is 514. The van der Waals surface area contributed by atoms with Crippen molar-refractivity contribution in [3.05, 3.63) is 53.6 Å². The molecule has 0 bridgehead atoms. The Morgan fingerprint density at radius 2 is 2.06 bits per heavy atom. The molecule has 0 spiro atoms. The summed E-state index contributed by atoms with van der Waals surface area (Å²) in [6, 6.07) is 10.1. The van der Waals surface area contributed by atoms with Gasteiger partial charge in [0.25, 0.3) is 0 Å². The van der Waals surface area contributed by atoms with Gasteiger partial charge in [-0.1, -0.05) is 42.5 Å². The van der Waals surface area contributed by atoms with E-state index in [0.717, 1.165) is 24.0 Å². The van der Waals surface area contributed by atoms with E-state index in [1.165, 1.54) is 0 Å². The second-order valence-electron chi connectivity index (χ2n) is 4.51. The van der Waals surface area contributed by atoms with E-state index in [1.54, 1.807) is 6.08 Å². The molecule has 0 aliphatic heterocycles. The lowest BCUT2D eigenvalue weighted by Gasteiger charge is -2.17. The van der Waals surface area contributed by atoms with Gasteiger partial charge < -0.3 is 0 Å². The van der Waals surface area contributed by atoms with Crippen molar-refractivity contribution in [2.75, 3.05) is 0 Å². The number of ketones is 1. The first kappa shape index (κ1) is 12.4. The number of carbonyl (C=O) groups excluding carboxylic acids is 1. The van der Waals surface area contributed by atoms with Crippen LogP contribution < -0.4 is 0 Å². The highest BCUT2D eigenvalue weighted by molar-refractivity contribution is 5.94. The van der Waals surface area contributed by atoms with Crippen LogP contribution in [0.4, 0.5) is 0 Å². The quantitative estimate of drug-likeness (QED) is 0.732. The van der Waals surface area contributed by atoms with Crippen LogP contribution in [-0.2, 0) is 4.79 Å². The standard InChI is InChI=1S/C17H16O/c1-2-6-16-12-11-15(13-17(16)18)10-9-14-7-4-3-5-8-14/h1,3-5,7-10,13,16H,6,11-12H2/b10-9+. The summed E-state index contributed by atoms with van der Waals surface area (Å²) in [5.74, 6) is 2.78. The summed E-state index contributed by atoms with van der Waals surface area (Å²) in [4.78, 5) is 11.8. The first-order chi connectivity index (χ1) is 8.79. The van der Waals surface area contributed by atoms with E-state index in [0.29, 0.717) is 6.42 Å². The molecule has 1 aromatic carbocycles. The number of carbonyl (C=O) groups is 1. The molecule has 0 aromatic heterocycles. The molecule has 0 saturated carbocycles. The van der Waals surface area contributed by atoms with Gasteiger partial charge in [0.2, 0.25) is 0 Å². The molecule has 0 heterocycles. The smallest absolute Gasteiger partial charge is 0.159 e. The van der Waals surface area contributed by atoms with E-state index < -0.39 is 0 Å². The van der Waals surface area contributed by atoms with Gasteiger partial charge >= 0.3 is 0 Å². The van der Waals surface area contributed by atoms with E-state index in [1.807, 2.05) is 42.5 Å². The molecule has 18 heavy (non-hydrogen) atoms. The summed E-state index contributed by atoms with van der Waals surface area (Å²) >= 11 is 0. The van der Waals surface area contributed by atoms with Crippen LogP contribution in [0.25, 0.3) is 6.08 Å². The van der Waals surface area contributed by atoms with Crippen LogP contribution in [0.2, 0.25) is 0 Å². The second kappa shape index (κ2) is 6.02. The molecule has 2 rings (SSSR count). The Labute approximate surface area is 108 Å². The average Bonchev–Trinajstić information content (AvgIpc) is 2.41. The largest absolute Gasteiger partial charge is 0.294 e. The summed E-state index contributed by atoms with van der Waals surface area (Å²) in [7, 11) is 0. The van der Waals surface area contributed by atoms with Gasteiger partial charge in [-0.25, -0.2) is 0 Å². The Hall–Kier alpha value is -2.07. The van der Waals surface area contributed by atoms with Crippen molar-refractivity contribution in [1.29, 1.82) is 0 Å². The molecule has 1 aliphatic carbocycles. The topological polar surface area (TPSA) is 17.1 Å². The van der Waals surface area contributed by atoms with Crippen LogP contribution in [0.1, 0.15) is 24.8 Å². The lowest BCUT2D eigenvalue weighted by molar-refractivity contribution is -0.118. The van der Waals surface area contributed by atoms with Crippen molar-refractivity contribution in [3.8, 4) is 12.3 Å². The van der Waals surface area contributed by atoms with Crippen LogP contribution >= 0.6 is 0 Å². The molecule has 90 valence electrons. The van der Waals surface area contributed by atoms with Gasteiger partial charge in [-0.15, -0.1) is 12.3 Å². The molecule has 0 radical (unpaired) electrons. The molecule has 0 N–H and O–H groups in total. The summed E-state index contributed by atoms with van der Waals surface area (Å²) in [5.41, 5.74) is 2.24. The summed E-state index contributed by atoms with van der Waals surface area (Å²) < 4.78 is 0. The molecular weight excluding hydrogens is 220 g/mol. The average molecular weight is 236 g/mol. The third kappa shape index (κ3) is 3.21. The van der Waals surface area contributed by atoms with E-state index in [2.05, 4.69) is 5.92 Å². The van der Waals surface area contributed by atoms with Crippen molar-refractivity contribution < 1.29 is 4.79 Å². The lowest BCUT2D eigenvalue weighted by atomic mass is 9.86. The molecule has 0 amide bonds. The second-order valence-corrected chi connectivity index (χ2v) is 4.51. The number of hydrogen-bond acceptors (Lipinski definition) is 1. The zero-order valence-electron chi connectivity index (χ0n) is 10.3. The zero-order valence-corrected chi connectivity index (χ0v) is 10.3. The van der Waals surface area contributed by atoms with Crippen molar-refractivity contribution in [3.63, 3.8) is 0 Å². The number of benzene rings is 1. The van der Waals surface area contributed by atoms with Gasteiger partial charge in [0, 0.05) is 12.3 Å². The SMILES string of the molecule is C#CCC1CCC(/C=C/c2ccccc2)=CC1=O. The molecule has 1 unspecified atom stereocenters. The Morgan fingerprint density at radius 1 is 1.28 bits per heavy atom. The molecule has 1 aromatic rings. The Morgan fingerprint density at radius 3 is 2.72 bits per heavy atom. The predicted molar refractivity (Wildman–Crippen MR) is 74.7 cm³/mol. The minimum atomic E-state index is 0.0314. The molecule has 0 fully saturated rings. The molecule has 1 atom stereocenters. The van der Waals surface area contributed by atoms with Crippen LogP contribution in [-0.4, -0.2) is 5.78 Å². The van der Waals surface area contributed by atoms with Crippen LogP contribution in [0.3, 0.4) is 0 Å². The monoisotopic (exact) mass is 236 g/mol. The summed E-state index contributed by atoms with van der Waals surface area (Å²) in [6.07, 6.45) is 13.4. The molecule has 1 heteroatoms. The van der Waals surface area contributed by atoms with E-state index in [4.69, 9.17) is 6.42 Å². The molecular formula is C17H16O. The van der Waals surface area contributed by atoms with E-state index in [-0.39, 0.29) is 11.7 Å². The minimum Gasteiger partial charge on any atom is -0.294 e. The van der Waals surface area contributed by atoms with Gasteiger partial charge in [0.05, 0.1) is 0 Å². The van der Waals surface area contributed by atoms with Gasteiger partial charge in [0.1, 0.15) is 0 Å². The molecule has 1 aliphatic rings. The number of rotatable bonds is 3. The molecule has 0 saturated heterocycles. The highest BCUT2D eigenvalue weighted by Gasteiger charge is 2.20. The predicted octanol–water partition coefficient (Wildman–Crippen LogP) is 3.63. The highest BCUT2D eigenvalue weighted by atomic mass is 16.1. The fraction of sp³-hybridized carbons (Fsp3) is 0.235. The third-order valence-electron chi connectivity index (χ3n) is 3.17. The number of allylic oxidation sites excluding steroid dienone is 3.